The second-order valence-electron chi connectivity index (χ2n) is 3.16. The Morgan fingerprint density at radius 2 is 2.06 bits per heavy atom. The van der Waals surface area contributed by atoms with Crippen LogP contribution in [0.25, 0.3) is 0 Å². The van der Waals surface area contributed by atoms with E-state index >= 15 is 0 Å². The van der Waals surface area contributed by atoms with Crippen LogP contribution < -0.4 is 5.73 Å². The second-order valence-corrected chi connectivity index (χ2v) is 5.46. The Bertz CT molecular complexity index is 459. The SMILES string of the molecule is Cl.N[C@@H](c1cccs1)c1cc(Br)ccc1Cl. The minimum atomic E-state index is -0.144. The first-order chi connectivity index (χ1) is 7.18. The van der Waals surface area contributed by atoms with Gasteiger partial charge < -0.3 is 5.73 Å². The van der Waals surface area contributed by atoms with Crippen LogP contribution in [-0.4, -0.2) is 0 Å². The Balaban J connectivity index is 0.00000128. The number of rotatable bonds is 2. The van der Waals surface area contributed by atoms with Crippen LogP contribution >= 0.6 is 51.3 Å². The fourth-order valence-electron chi connectivity index (χ4n) is 1.37. The molecule has 5 heteroatoms. The fourth-order valence-corrected chi connectivity index (χ4v) is 2.73. The molecule has 16 heavy (non-hydrogen) atoms. The van der Waals surface area contributed by atoms with Crippen LogP contribution in [0, 0.1) is 0 Å². The molecule has 1 atom stereocenters. The summed E-state index contributed by atoms with van der Waals surface area (Å²) in [5, 5.41) is 2.72. The minimum absolute atomic E-state index is 0. The molecule has 0 aliphatic rings. The molecule has 0 bridgehead atoms. The Labute approximate surface area is 118 Å². The lowest BCUT2D eigenvalue weighted by atomic mass is 10.1. The third kappa shape index (κ3) is 2.99. The largest absolute Gasteiger partial charge is 0.320 e. The van der Waals surface area contributed by atoms with Gasteiger partial charge in [-0.1, -0.05) is 33.6 Å². The monoisotopic (exact) mass is 337 g/mol. The van der Waals surface area contributed by atoms with Crippen molar-refractivity contribution in [1.82, 2.24) is 0 Å². The van der Waals surface area contributed by atoms with Crippen molar-refractivity contribution in [1.29, 1.82) is 0 Å². The van der Waals surface area contributed by atoms with E-state index in [0.717, 1.165) is 14.9 Å². The maximum Gasteiger partial charge on any atom is 0.0661 e. The van der Waals surface area contributed by atoms with Crippen LogP contribution in [0.5, 0.6) is 0 Å². The molecule has 0 aliphatic carbocycles. The molecular formula is C11H10BrCl2NS. The molecular weight excluding hydrogens is 329 g/mol. The molecule has 0 saturated carbocycles. The average molecular weight is 339 g/mol. The summed E-state index contributed by atoms with van der Waals surface area (Å²) in [6.45, 7) is 0. The molecule has 0 aliphatic heterocycles. The quantitative estimate of drug-likeness (QED) is 0.848. The van der Waals surface area contributed by atoms with E-state index in [2.05, 4.69) is 15.9 Å². The molecule has 0 fully saturated rings. The van der Waals surface area contributed by atoms with E-state index in [0.29, 0.717) is 5.02 Å². The highest BCUT2D eigenvalue weighted by Gasteiger charge is 2.13. The third-order valence-electron chi connectivity index (χ3n) is 2.14. The van der Waals surface area contributed by atoms with Crippen LogP contribution in [0.4, 0.5) is 0 Å². The van der Waals surface area contributed by atoms with Crippen molar-refractivity contribution in [2.24, 2.45) is 5.73 Å². The average Bonchev–Trinajstić information content (AvgIpc) is 2.74. The van der Waals surface area contributed by atoms with Gasteiger partial charge in [-0.2, -0.15) is 0 Å². The van der Waals surface area contributed by atoms with Crippen molar-refractivity contribution in [3.63, 3.8) is 0 Å². The molecule has 2 N–H and O–H groups in total. The van der Waals surface area contributed by atoms with Crippen molar-refractivity contribution in [3.05, 3.63) is 55.6 Å². The maximum atomic E-state index is 6.14. The number of halogens is 3. The van der Waals surface area contributed by atoms with Crippen LogP contribution in [0.3, 0.4) is 0 Å². The minimum Gasteiger partial charge on any atom is -0.320 e. The number of thiophene rings is 1. The molecule has 0 amide bonds. The van der Waals surface area contributed by atoms with Crippen molar-refractivity contribution in [3.8, 4) is 0 Å². The predicted octanol–water partition coefficient (Wildman–Crippen LogP) is 4.63. The molecule has 0 unspecified atom stereocenters. The van der Waals surface area contributed by atoms with Crippen LogP contribution in [-0.2, 0) is 0 Å². The van der Waals surface area contributed by atoms with Gasteiger partial charge in [-0.15, -0.1) is 23.7 Å². The summed E-state index contributed by atoms with van der Waals surface area (Å²) in [5.41, 5.74) is 7.09. The molecule has 1 aromatic carbocycles. The third-order valence-corrected chi connectivity index (χ3v) is 3.94. The molecule has 0 radical (unpaired) electrons. The van der Waals surface area contributed by atoms with E-state index in [1.165, 1.54) is 0 Å². The highest BCUT2D eigenvalue weighted by Crippen LogP contribution is 2.30. The summed E-state index contributed by atoms with van der Waals surface area (Å²) in [5.74, 6) is 0. The van der Waals surface area contributed by atoms with Gasteiger partial charge in [-0.25, -0.2) is 0 Å². The van der Waals surface area contributed by atoms with Crippen LogP contribution in [0.15, 0.2) is 40.2 Å². The van der Waals surface area contributed by atoms with E-state index in [4.69, 9.17) is 17.3 Å². The summed E-state index contributed by atoms with van der Waals surface area (Å²) < 4.78 is 0.994. The first-order valence-corrected chi connectivity index (χ1v) is 6.47. The lowest BCUT2D eigenvalue weighted by Gasteiger charge is -2.12. The molecule has 86 valence electrons. The Kier molecular flexibility index (Phi) is 5.28. The van der Waals surface area contributed by atoms with Crippen molar-refractivity contribution in [2.75, 3.05) is 0 Å². The van der Waals surface area contributed by atoms with Crippen molar-refractivity contribution in [2.45, 2.75) is 6.04 Å². The van der Waals surface area contributed by atoms with Crippen molar-refractivity contribution < 1.29 is 0 Å². The zero-order valence-corrected chi connectivity index (χ0v) is 12.2. The van der Waals surface area contributed by atoms with Crippen LogP contribution in [0.1, 0.15) is 16.5 Å². The van der Waals surface area contributed by atoms with Crippen LogP contribution in [0.2, 0.25) is 5.02 Å². The van der Waals surface area contributed by atoms with Gasteiger partial charge in [0.2, 0.25) is 0 Å². The Morgan fingerprint density at radius 3 is 2.69 bits per heavy atom. The van der Waals surface area contributed by atoms with E-state index in [-0.39, 0.29) is 18.4 Å². The van der Waals surface area contributed by atoms with E-state index in [1.54, 1.807) is 11.3 Å². The lowest BCUT2D eigenvalue weighted by molar-refractivity contribution is 0.893. The van der Waals surface area contributed by atoms with Gasteiger partial charge in [0, 0.05) is 14.4 Å². The summed E-state index contributed by atoms with van der Waals surface area (Å²) in [4.78, 5) is 1.12. The standard InChI is InChI=1S/C11H9BrClNS.ClH/c12-7-3-4-9(13)8(6-7)11(14)10-2-1-5-15-10;/h1-6,11H,14H2;1H/t11-;/m1./s1. The topological polar surface area (TPSA) is 26.0 Å². The number of hydrogen-bond donors (Lipinski definition) is 1. The summed E-state index contributed by atoms with van der Waals surface area (Å²) >= 11 is 11.2. The fraction of sp³-hybridized carbons (Fsp3) is 0.0909. The maximum absolute atomic E-state index is 6.14. The predicted molar refractivity (Wildman–Crippen MR) is 76.7 cm³/mol. The van der Waals surface area contributed by atoms with Gasteiger partial charge in [0.15, 0.2) is 0 Å². The van der Waals surface area contributed by atoms with E-state index in [9.17, 15) is 0 Å². The lowest BCUT2D eigenvalue weighted by Crippen LogP contribution is -2.10. The first-order valence-electron chi connectivity index (χ1n) is 4.42. The van der Waals surface area contributed by atoms with E-state index in [1.807, 2.05) is 35.7 Å². The molecule has 0 saturated heterocycles. The summed E-state index contributed by atoms with van der Waals surface area (Å²) in [6, 6.07) is 9.60. The summed E-state index contributed by atoms with van der Waals surface area (Å²) in [7, 11) is 0. The highest BCUT2D eigenvalue weighted by molar-refractivity contribution is 9.10. The van der Waals surface area contributed by atoms with Gasteiger partial charge in [0.1, 0.15) is 0 Å². The smallest absolute Gasteiger partial charge is 0.0661 e. The Morgan fingerprint density at radius 1 is 1.31 bits per heavy atom. The van der Waals surface area contributed by atoms with Gasteiger partial charge in [-0.3, -0.25) is 0 Å². The number of nitrogens with two attached hydrogens (primary N) is 1. The van der Waals surface area contributed by atoms with E-state index < -0.39 is 0 Å². The molecule has 0 spiro atoms. The molecule has 2 aromatic rings. The molecule has 1 nitrogen and oxygen atoms in total. The molecule has 1 heterocycles. The van der Waals surface area contributed by atoms with Gasteiger partial charge in [0.25, 0.3) is 0 Å². The van der Waals surface area contributed by atoms with Gasteiger partial charge in [-0.05, 0) is 35.2 Å². The number of benzene rings is 1. The number of hydrogen-bond acceptors (Lipinski definition) is 2. The molecule has 1 aromatic heterocycles. The summed E-state index contributed by atoms with van der Waals surface area (Å²) in [6.07, 6.45) is 0. The first kappa shape index (κ1) is 14.0. The second kappa shape index (κ2) is 6.03. The van der Waals surface area contributed by atoms with Gasteiger partial charge in [0.05, 0.1) is 6.04 Å². The zero-order chi connectivity index (χ0) is 10.8. The highest BCUT2D eigenvalue weighted by atomic mass is 79.9. The zero-order valence-electron chi connectivity index (χ0n) is 8.19. The Hall–Kier alpha value is -0.0600. The van der Waals surface area contributed by atoms with Gasteiger partial charge >= 0.3 is 0 Å². The van der Waals surface area contributed by atoms with Crippen molar-refractivity contribution >= 4 is 51.3 Å². The normalized spacial score (nSPS) is 11.9. The molecule has 2 rings (SSSR count).